The van der Waals surface area contributed by atoms with E-state index < -0.39 is 0 Å². The van der Waals surface area contributed by atoms with Gasteiger partial charge in [0.15, 0.2) is 0 Å². The van der Waals surface area contributed by atoms with Crippen LogP contribution in [0.4, 0.5) is 10.1 Å². The molecule has 0 N–H and O–H groups in total. The summed E-state index contributed by atoms with van der Waals surface area (Å²) < 4.78 is 13.1. The SMILES string of the molecule is CC(C)=CCN(c1ccc(C(C)C)cc1)C1CCN(Cc2ccc(F)cc2)CC1. The Morgan fingerprint density at radius 2 is 1.66 bits per heavy atom. The van der Waals surface area contributed by atoms with Gasteiger partial charge < -0.3 is 4.90 Å². The van der Waals surface area contributed by atoms with E-state index in [0.717, 1.165) is 39.0 Å². The topological polar surface area (TPSA) is 6.48 Å². The summed E-state index contributed by atoms with van der Waals surface area (Å²) in [6.45, 7) is 12.9. The first-order valence-electron chi connectivity index (χ1n) is 10.9. The molecule has 3 rings (SSSR count). The van der Waals surface area contributed by atoms with Crippen LogP contribution in [-0.4, -0.2) is 30.6 Å². The lowest BCUT2D eigenvalue weighted by Gasteiger charge is -2.39. The number of hydrogen-bond donors (Lipinski definition) is 0. The van der Waals surface area contributed by atoms with Crippen LogP contribution in [0, 0.1) is 5.82 Å². The van der Waals surface area contributed by atoms with Crippen molar-refractivity contribution >= 4 is 5.69 Å². The van der Waals surface area contributed by atoms with Gasteiger partial charge in [0.2, 0.25) is 0 Å². The van der Waals surface area contributed by atoms with Crippen LogP contribution >= 0.6 is 0 Å². The van der Waals surface area contributed by atoms with E-state index in [1.54, 1.807) is 12.1 Å². The molecule has 1 fully saturated rings. The number of rotatable bonds is 7. The number of anilines is 1. The minimum Gasteiger partial charge on any atom is -0.365 e. The summed E-state index contributed by atoms with van der Waals surface area (Å²) in [4.78, 5) is 5.07. The van der Waals surface area contributed by atoms with Gasteiger partial charge in [0.05, 0.1) is 0 Å². The highest BCUT2D eigenvalue weighted by Crippen LogP contribution is 2.26. The Hall–Kier alpha value is -2.13. The molecule has 1 heterocycles. The highest BCUT2D eigenvalue weighted by atomic mass is 19.1. The molecule has 0 unspecified atom stereocenters. The Labute approximate surface area is 176 Å². The van der Waals surface area contributed by atoms with E-state index >= 15 is 0 Å². The van der Waals surface area contributed by atoms with Crippen LogP contribution in [0.15, 0.2) is 60.2 Å². The Kier molecular flexibility index (Phi) is 7.49. The van der Waals surface area contributed by atoms with Crippen LogP contribution in [0.1, 0.15) is 57.6 Å². The van der Waals surface area contributed by atoms with Gasteiger partial charge in [0.1, 0.15) is 5.82 Å². The largest absolute Gasteiger partial charge is 0.365 e. The molecule has 1 saturated heterocycles. The second-order valence-electron chi connectivity index (χ2n) is 8.81. The number of benzene rings is 2. The van der Waals surface area contributed by atoms with Crippen LogP contribution in [0.5, 0.6) is 0 Å². The van der Waals surface area contributed by atoms with Gasteiger partial charge in [0.25, 0.3) is 0 Å². The number of likely N-dealkylation sites (tertiary alicyclic amines) is 1. The van der Waals surface area contributed by atoms with Crippen LogP contribution < -0.4 is 4.90 Å². The molecule has 156 valence electrons. The maximum Gasteiger partial charge on any atom is 0.123 e. The van der Waals surface area contributed by atoms with E-state index in [1.165, 1.54) is 22.4 Å². The van der Waals surface area contributed by atoms with Crippen molar-refractivity contribution in [2.45, 2.75) is 59.0 Å². The second-order valence-corrected chi connectivity index (χ2v) is 8.81. The lowest BCUT2D eigenvalue weighted by atomic mass is 9.99. The van der Waals surface area contributed by atoms with Crippen molar-refractivity contribution in [3.63, 3.8) is 0 Å². The lowest BCUT2D eigenvalue weighted by molar-refractivity contribution is 0.202. The van der Waals surface area contributed by atoms with Crippen LogP contribution in [-0.2, 0) is 6.54 Å². The molecule has 0 aromatic heterocycles. The molecule has 1 aliphatic heterocycles. The van der Waals surface area contributed by atoms with Gasteiger partial charge in [0, 0.05) is 37.9 Å². The van der Waals surface area contributed by atoms with E-state index in [0.29, 0.717) is 12.0 Å². The van der Waals surface area contributed by atoms with Crippen molar-refractivity contribution in [3.05, 3.63) is 77.1 Å². The maximum atomic E-state index is 13.1. The summed E-state index contributed by atoms with van der Waals surface area (Å²) >= 11 is 0. The molecule has 0 aliphatic carbocycles. The molecule has 0 atom stereocenters. The van der Waals surface area contributed by atoms with Crippen molar-refractivity contribution in [3.8, 4) is 0 Å². The Morgan fingerprint density at radius 3 is 2.21 bits per heavy atom. The van der Waals surface area contributed by atoms with E-state index in [4.69, 9.17) is 0 Å². The highest BCUT2D eigenvalue weighted by molar-refractivity contribution is 5.50. The van der Waals surface area contributed by atoms with Gasteiger partial charge in [-0.2, -0.15) is 0 Å². The highest BCUT2D eigenvalue weighted by Gasteiger charge is 2.24. The molecule has 2 aromatic carbocycles. The third-order valence-electron chi connectivity index (χ3n) is 5.90. The van der Waals surface area contributed by atoms with Crippen molar-refractivity contribution in [2.75, 3.05) is 24.5 Å². The molecule has 2 nitrogen and oxygen atoms in total. The van der Waals surface area contributed by atoms with Gasteiger partial charge in [-0.15, -0.1) is 0 Å². The van der Waals surface area contributed by atoms with Crippen molar-refractivity contribution in [1.29, 1.82) is 0 Å². The van der Waals surface area contributed by atoms with Crippen LogP contribution in [0.3, 0.4) is 0 Å². The van der Waals surface area contributed by atoms with Crippen molar-refractivity contribution in [2.24, 2.45) is 0 Å². The summed E-state index contributed by atoms with van der Waals surface area (Å²) in [7, 11) is 0. The first kappa shape index (κ1) is 21.6. The molecule has 2 aromatic rings. The molecule has 3 heteroatoms. The predicted octanol–water partition coefficient (Wildman–Crippen LogP) is 6.39. The molecule has 0 bridgehead atoms. The van der Waals surface area contributed by atoms with Gasteiger partial charge in [-0.3, -0.25) is 4.90 Å². The second kappa shape index (κ2) is 10.1. The zero-order valence-electron chi connectivity index (χ0n) is 18.4. The van der Waals surface area contributed by atoms with Gasteiger partial charge in [-0.25, -0.2) is 4.39 Å². The summed E-state index contributed by atoms with van der Waals surface area (Å²) in [6.07, 6.45) is 4.65. The van der Waals surface area contributed by atoms with E-state index in [-0.39, 0.29) is 5.82 Å². The summed E-state index contributed by atoms with van der Waals surface area (Å²) in [5.74, 6) is 0.399. The molecule has 0 radical (unpaired) electrons. The molecule has 1 aliphatic rings. The fourth-order valence-electron chi connectivity index (χ4n) is 4.03. The normalized spacial score (nSPS) is 15.5. The first-order chi connectivity index (χ1) is 13.9. The Balaban J connectivity index is 1.65. The van der Waals surface area contributed by atoms with Crippen molar-refractivity contribution < 1.29 is 4.39 Å². The smallest absolute Gasteiger partial charge is 0.123 e. The quantitative estimate of drug-likeness (QED) is 0.502. The molecule has 0 amide bonds. The van der Waals surface area contributed by atoms with E-state index in [2.05, 4.69) is 67.8 Å². The monoisotopic (exact) mass is 394 g/mol. The third-order valence-corrected chi connectivity index (χ3v) is 5.90. The number of nitrogens with zero attached hydrogens (tertiary/aromatic N) is 2. The summed E-state index contributed by atoms with van der Waals surface area (Å²) in [6, 6.07) is 16.6. The number of halogens is 1. The summed E-state index contributed by atoms with van der Waals surface area (Å²) in [5.41, 5.74) is 5.27. The number of hydrogen-bond acceptors (Lipinski definition) is 2. The first-order valence-corrected chi connectivity index (χ1v) is 10.9. The lowest BCUT2D eigenvalue weighted by Crippen LogP contribution is -2.45. The average Bonchev–Trinajstić information content (AvgIpc) is 2.71. The summed E-state index contributed by atoms with van der Waals surface area (Å²) in [5, 5.41) is 0. The molecule has 29 heavy (non-hydrogen) atoms. The zero-order valence-corrected chi connectivity index (χ0v) is 18.4. The average molecular weight is 395 g/mol. The van der Waals surface area contributed by atoms with E-state index in [9.17, 15) is 4.39 Å². The van der Waals surface area contributed by atoms with Gasteiger partial charge in [-0.1, -0.05) is 49.8 Å². The fourth-order valence-corrected chi connectivity index (χ4v) is 4.03. The van der Waals surface area contributed by atoms with Crippen LogP contribution in [0.25, 0.3) is 0 Å². The molecular formula is C26H35FN2. The van der Waals surface area contributed by atoms with Crippen molar-refractivity contribution in [1.82, 2.24) is 4.90 Å². The van der Waals surface area contributed by atoms with Gasteiger partial charge in [-0.05, 0) is 68.0 Å². The molecular weight excluding hydrogens is 359 g/mol. The van der Waals surface area contributed by atoms with E-state index in [1.807, 2.05) is 12.1 Å². The Bertz CT molecular complexity index is 780. The number of piperidine rings is 1. The minimum atomic E-state index is -0.161. The predicted molar refractivity (Wildman–Crippen MR) is 122 cm³/mol. The molecule has 0 saturated carbocycles. The maximum absolute atomic E-state index is 13.1. The standard InChI is InChI=1S/C26H35FN2/c1-20(2)13-18-29(25-11-7-23(8-12-25)21(3)4)26-14-16-28(17-15-26)19-22-5-9-24(27)10-6-22/h5-13,21,26H,14-19H2,1-4H3. The van der Waals surface area contributed by atoms with Gasteiger partial charge >= 0.3 is 0 Å². The number of allylic oxidation sites excluding steroid dienone is 1. The van der Waals surface area contributed by atoms with Crippen LogP contribution in [0.2, 0.25) is 0 Å². The minimum absolute atomic E-state index is 0.161. The Morgan fingerprint density at radius 1 is 1.03 bits per heavy atom. The zero-order chi connectivity index (χ0) is 20.8. The fraction of sp³-hybridized carbons (Fsp3) is 0.462. The third kappa shape index (κ3) is 6.17. The molecule has 0 spiro atoms.